The van der Waals surface area contributed by atoms with E-state index in [-0.39, 0.29) is 5.91 Å². The molecule has 16 heavy (non-hydrogen) atoms. The Bertz CT molecular complexity index is 505. The normalized spacial score (nSPS) is 21.1. The summed E-state index contributed by atoms with van der Waals surface area (Å²) in [5.74, 6) is -0.158. The second-order valence-electron chi connectivity index (χ2n) is 3.65. The molecule has 0 aromatic carbocycles. The number of hydrogen-bond donors (Lipinski definition) is 0. The van der Waals surface area contributed by atoms with Gasteiger partial charge in [0.2, 0.25) is 5.91 Å². The minimum atomic E-state index is -0.158. The molecule has 0 aromatic heterocycles. The van der Waals surface area contributed by atoms with E-state index in [1.54, 1.807) is 10.9 Å². The molecule has 0 N–H and O–H groups in total. The van der Waals surface area contributed by atoms with Crippen molar-refractivity contribution >= 4 is 32.4 Å². The molecule has 1 heterocycles. The number of nitrogens with zero attached hydrogens (tertiary/aromatic N) is 2. The van der Waals surface area contributed by atoms with Gasteiger partial charge in [-0.3, -0.25) is 4.79 Å². The van der Waals surface area contributed by atoms with E-state index in [1.807, 2.05) is 18.2 Å². The molecule has 0 aromatic rings. The van der Waals surface area contributed by atoms with Crippen molar-refractivity contribution in [3.8, 4) is 0 Å². The number of amides is 1. The SMILES string of the molecule is CCN1C2=CC(=NC(C)=O)C=CC2=S=C1C. The first-order valence-corrected chi connectivity index (χ1v) is 6.08. The second kappa shape index (κ2) is 4.22. The van der Waals surface area contributed by atoms with Gasteiger partial charge in [-0.05, 0) is 32.1 Å². The van der Waals surface area contributed by atoms with Crippen LogP contribution in [-0.4, -0.2) is 32.9 Å². The summed E-state index contributed by atoms with van der Waals surface area (Å²) in [7, 11) is 1.77. The standard InChI is InChI=1S/C12H14N2OS/c1-4-14-9(3)16-12-6-5-10(7-11(12)14)13-8(2)15/h5-7H,4H2,1-3H3. The number of hydrogen-bond acceptors (Lipinski definition) is 2. The van der Waals surface area contributed by atoms with E-state index < -0.39 is 0 Å². The molecular formula is C12H14N2OS. The van der Waals surface area contributed by atoms with Gasteiger partial charge in [0, 0.05) is 13.5 Å². The Balaban J connectivity index is 2.39. The molecule has 0 unspecified atom stereocenters. The van der Waals surface area contributed by atoms with Crippen LogP contribution >= 0.6 is 10.9 Å². The van der Waals surface area contributed by atoms with Crippen LogP contribution in [0.25, 0.3) is 0 Å². The summed E-state index contributed by atoms with van der Waals surface area (Å²) in [6.45, 7) is 6.64. The van der Waals surface area contributed by atoms with Gasteiger partial charge in [0.1, 0.15) is 0 Å². The third-order valence-electron chi connectivity index (χ3n) is 2.47. The lowest BCUT2D eigenvalue weighted by molar-refractivity contribution is -0.115. The van der Waals surface area contributed by atoms with Crippen molar-refractivity contribution in [3.63, 3.8) is 0 Å². The summed E-state index contributed by atoms with van der Waals surface area (Å²) in [6, 6.07) is 0. The summed E-state index contributed by atoms with van der Waals surface area (Å²) in [4.78, 5) is 19.6. The van der Waals surface area contributed by atoms with Gasteiger partial charge in [-0.2, -0.15) is 0 Å². The average Bonchev–Trinajstić information content (AvgIpc) is 2.52. The van der Waals surface area contributed by atoms with E-state index in [0.717, 1.165) is 18.0 Å². The number of aliphatic imine (C=N–C) groups is 1. The van der Waals surface area contributed by atoms with Crippen molar-refractivity contribution in [1.82, 2.24) is 4.90 Å². The van der Waals surface area contributed by atoms with Crippen molar-refractivity contribution in [3.05, 3.63) is 23.9 Å². The summed E-state index contributed by atoms with van der Waals surface area (Å²) in [6.07, 6.45) is 5.89. The Morgan fingerprint density at radius 3 is 2.88 bits per heavy atom. The molecule has 1 aliphatic carbocycles. The van der Waals surface area contributed by atoms with Gasteiger partial charge in [-0.1, -0.05) is 0 Å². The van der Waals surface area contributed by atoms with E-state index in [9.17, 15) is 4.79 Å². The van der Waals surface area contributed by atoms with Crippen LogP contribution in [0.4, 0.5) is 0 Å². The molecule has 2 aliphatic rings. The minimum Gasteiger partial charge on any atom is -0.336 e. The maximum absolute atomic E-state index is 10.9. The fraction of sp³-hybridized carbons (Fsp3) is 0.333. The molecule has 0 spiro atoms. The third-order valence-corrected chi connectivity index (χ3v) is 3.55. The Morgan fingerprint density at radius 1 is 1.50 bits per heavy atom. The Hall–Kier alpha value is -1.42. The quantitative estimate of drug-likeness (QED) is 0.648. The van der Waals surface area contributed by atoms with Crippen LogP contribution in [0, 0.1) is 0 Å². The molecule has 0 saturated heterocycles. The molecular weight excluding hydrogens is 220 g/mol. The van der Waals surface area contributed by atoms with Crippen molar-refractivity contribution in [1.29, 1.82) is 0 Å². The first kappa shape index (κ1) is 11.1. The fourth-order valence-electron chi connectivity index (χ4n) is 1.83. The molecule has 3 nitrogen and oxygen atoms in total. The molecule has 0 fully saturated rings. The summed E-state index contributed by atoms with van der Waals surface area (Å²) in [5, 5.41) is 0. The highest BCUT2D eigenvalue weighted by Gasteiger charge is 2.21. The van der Waals surface area contributed by atoms with Crippen molar-refractivity contribution in [2.45, 2.75) is 20.8 Å². The van der Waals surface area contributed by atoms with Crippen molar-refractivity contribution in [2.75, 3.05) is 6.54 Å². The van der Waals surface area contributed by atoms with Crippen LogP contribution in [0.1, 0.15) is 20.8 Å². The lowest BCUT2D eigenvalue weighted by Gasteiger charge is -2.22. The number of fused-ring (bicyclic) bond motifs is 1. The molecule has 4 heteroatoms. The van der Waals surface area contributed by atoms with Crippen LogP contribution in [0.3, 0.4) is 0 Å². The van der Waals surface area contributed by atoms with Gasteiger partial charge in [-0.15, -0.1) is 10.9 Å². The van der Waals surface area contributed by atoms with Gasteiger partial charge < -0.3 is 4.90 Å². The van der Waals surface area contributed by atoms with Crippen LogP contribution in [-0.2, 0) is 4.79 Å². The maximum atomic E-state index is 10.9. The monoisotopic (exact) mass is 234 g/mol. The predicted octanol–water partition coefficient (Wildman–Crippen LogP) is 1.82. The molecule has 0 bridgehead atoms. The average molecular weight is 234 g/mol. The Labute approximate surface area is 98.7 Å². The zero-order chi connectivity index (χ0) is 11.7. The van der Waals surface area contributed by atoms with Gasteiger partial charge >= 0.3 is 0 Å². The summed E-state index contributed by atoms with van der Waals surface area (Å²) in [5.41, 5.74) is 1.90. The zero-order valence-corrected chi connectivity index (χ0v) is 10.5. The van der Waals surface area contributed by atoms with Crippen LogP contribution in [0.5, 0.6) is 0 Å². The van der Waals surface area contributed by atoms with Crippen LogP contribution < -0.4 is 0 Å². The van der Waals surface area contributed by atoms with Gasteiger partial charge in [0.05, 0.1) is 21.3 Å². The minimum absolute atomic E-state index is 0.158. The molecule has 1 amide bonds. The van der Waals surface area contributed by atoms with Crippen LogP contribution in [0.15, 0.2) is 28.9 Å². The van der Waals surface area contributed by atoms with E-state index in [4.69, 9.17) is 0 Å². The number of carbonyl (C=O) groups excluding carboxylic acids is 1. The highest BCUT2D eigenvalue weighted by atomic mass is 32.1. The third kappa shape index (κ3) is 1.93. The largest absolute Gasteiger partial charge is 0.336 e. The molecule has 0 atom stereocenters. The van der Waals surface area contributed by atoms with Crippen molar-refractivity contribution in [2.24, 2.45) is 4.99 Å². The fourth-order valence-corrected chi connectivity index (χ4v) is 2.90. The van der Waals surface area contributed by atoms with Gasteiger partial charge in [0.25, 0.3) is 0 Å². The van der Waals surface area contributed by atoms with Gasteiger partial charge in [0.15, 0.2) is 0 Å². The molecule has 0 saturated carbocycles. The lowest BCUT2D eigenvalue weighted by atomic mass is 10.1. The Morgan fingerprint density at radius 2 is 2.25 bits per heavy atom. The van der Waals surface area contributed by atoms with E-state index in [2.05, 4.69) is 23.7 Å². The molecule has 2 rings (SSSR count). The lowest BCUT2D eigenvalue weighted by Crippen LogP contribution is -2.27. The summed E-state index contributed by atoms with van der Waals surface area (Å²) >= 11 is 0. The molecule has 0 radical (unpaired) electrons. The predicted molar refractivity (Wildman–Crippen MR) is 71.0 cm³/mol. The molecule has 84 valence electrons. The van der Waals surface area contributed by atoms with Gasteiger partial charge in [-0.25, -0.2) is 4.99 Å². The second-order valence-corrected chi connectivity index (χ2v) is 4.88. The van der Waals surface area contributed by atoms with Crippen molar-refractivity contribution < 1.29 is 4.79 Å². The first-order chi connectivity index (χ1) is 7.61. The number of allylic oxidation sites excluding steroid dienone is 3. The first-order valence-electron chi connectivity index (χ1n) is 5.27. The zero-order valence-electron chi connectivity index (χ0n) is 9.65. The van der Waals surface area contributed by atoms with E-state index in [1.165, 1.54) is 16.8 Å². The Kier molecular flexibility index (Phi) is 2.92. The topological polar surface area (TPSA) is 32.7 Å². The number of carbonyl (C=O) groups is 1. The number of rotatable bonds is 1. The smallest absolute Gasteiger partial charge is 0.243 e. The molecule has 1 aliphatic heterocycles. The van der Waals surface area contributed by atoms with Crippen LogP contribution in [0.2, 0.25) is 0 Å². The summed E-state index contributed by atoms with van der Waals surface area (Å²) < 4.78 is 0. The highest BCUT2D eigenvalue weighted by molar-refractivity contribution is 7.99. The maximum Gasteiger partial charge on any atom is 0.243 e. The van der Waals surface area contributed by atoms with E-state index in [0.29, 0.717) is 0 Å². The highest BCUT2D eigenvalue weighted by Crippen LogP contribution is 2.21. The van der Waals surface area contributed by atoms with E-state index >= 15 is 0 Å².